The second-order valence-corrected chi connectivity index (χ2v) is 5.48. The van der Waals surface area contributed by atoms with Gasteiger partial charge in [0.05, 0.1) is 12.7 Å². The van der Waals surface area contributed by atoms with Crippen LogP contribution in [0.1, 0.15) is 48.7 Å². The smallest absolute Gasteiger partial charge is 0.255 e. The van der Waals surface area contributed by atoms with Gasteiger partial charge in [0.2, 0.25) is 0 Å². The lowest BCUT2D eigenvalue weighted by Crippen LogP contribution is -2.12. The second-order valence-electron chi connectivity index (χ2n) is 5.48. The van der Waals surface area contributed by atoms with Gasteiger partial charge in [-0.15, -0.1) is 0 Å². The molecule has 23 heavy (non-hydrogen) atoms. The molecule has 4 nitrogen and oxygen atoms in total. The number of aliphatic hydroxyl groups is 1. The molecular weight excluding hydrogens is 290 g/mol. The van der Waals surface area contributed by atoms with Crippen molar-refractivity contribution in [1.29, 1.82) is 0 Å². The van der Waals surface area contributed by atoms with Crippen LogP contribution in [0.5, 0.6) is 5.75 Å². The number of carbonyl (C=O) groups is 1. The summed E-state index contributed by atoms with van der Waals surface area (Å²) in [5, 5.41) is 12.3. The normalized spacial score (nSPS) is 11.8. The van der Waals surface area contributed by atoms with Crippen LogP contribution in [0.25, 0.3) is 0 Å². The third-order valence-corrected chi connectivity index (χ3v) is 3.51. The van der Waals surface area contributed by atoms with Crippen molar-refractivity contribution in [3.63, 3.8) is 0 Å². The molecule has 0 aliphatic rings. The van der Waals surface area contributed by atoms with Crippen LogP contribution >= 0.6 is 0 Å². The van der Waals surface area contributed by atoms with E-state index in [4.69, 9.17) is 4.74 Å². The Morgan fingerprint density at radius 3 is 2.61 bits per heavy atom. The summed E-state index contributed by atoms with van der Waals surface area (Å²) in [7, 11) is 0. The number of nitrogens with one attached hydrogen (secondary N) is 1. The molecule has 1 atom stereocenters. The number of anilines is 1. The quantitative estimate of drug-likeness (QED) is 0.754. The summed E-state index contributed by atoms with van der Waals surface area (Å²) in [5.74, 6) is 0.520. The van der Waals surface area contributed by atoms with E-state index in [1.165, 1.54) is 0 Å². The fraction of sp³-hybridized carbons (Fsp3) is 0.316. The highest BCUT2D eigenvalue weighted by molar-refractivity contribution is 6.04. The second kappa shape index (κ2) is 8.34. The maximum absolute atomic E-state index is 12.3. The first-order valence-corrected chi connectivity index (χ1v) is 7.92. The van der Waals surface area contributed by atoms with E-state index in [1.54, 1.807) is 43.3 Å². The first-order chi connectivity index (χ1) is 11.1. The number of amides is 1. The summed E-state index contributed by atoms with van der Waals surface area (Å²) in [5.41, 5.74) is 2.06. The van der Waals surface area contributed by atoms with Crippen molar-refractivity contribution in [3.05, 3.63) is 59.7 Å². The topological polar surface area (TPSA) is 58.6 Å². The van der Waals surface area contributed by atoms with Gasteiger partial charge in [-0.05, 0) is 49.2 Å². The fourth-order valence-corrected chi connectivity index (χ4v) is 2.11. The maximum Gasteiger partial charge on any atom is 0.255 e. The molecule has 0 bridgehead atoms. The highest BCUT2D eigenvalue weighted by Crippen LogP contribution is 2.18. The molecule has 0 saturated heterocycles. The lowest BCUT2D eigenvalue weighted by atomic mass is 10.1. The number of unbranched alkanes of at least 4 members (excludes halogenated alkanes) is 1. The summed E-state index contributed by atoms with van der Waals surface area (Å²) in [6.07, 6.45) is 1.55. The number of hydrogen-bond acceptors (Lipinski definition) is 3. The van der Waals surface area contributed by atoms with Crippen molar-refractivity contribution in [3.8, 4) is 5.75 Å². The van der Waals surface area contributed by atoms with Gasteiger partial charge in [0.25, 0.3) is 5.91 Å². The van der Waals surface area contributed by atoms with Crippen molar-refractivity contribution >= 4 is 11.6 Å². The number of carbonyl (C=O) groups excluding carboxylic acids is 1. The summed E-state index contributed by atoms with van der Waals surface area (Å²) in [6, 6.07) is 14.3. The molecule has 2 aromatic rings. The SMILES string of the molecule is CCCCOc1cccc(C(=O)Nc2ccc([C@@H](C)O)cc2)c1. The molecule has 0 heterocycles. The van der Waals surface area contributed by atoms with Gasteiger partial charge in [0, 0.05) is 11.3 Å². The Morgan fingerprint density at radius 1 is 1.22 bits per heavy atom. The first-order valence-electron chi connectivity index (χ1n) is 7.92. The predicted molar refractivity (Wildman–Crippen MR) is 91.9 cm³/mol. The molecule has 1 amide bonds. The zero-order valence-corrected chi connectivity index (χ0v) is 13.6. The minimum atomic E-state index is -0.517. The van der Waals surface area contributed by atoms with Gasteiger partial charge in [-0.2, -0.15) is 0 Å². The minimum Gasteiger partial charge on any atom is -0.494 e. The molecule has 0 aromatic heterocycles. The molecule has 0 aliphatic heterocycles. The highest BCUT2D eigenvalue weighted by atomic mass is 16.5. The van der Waals surface area contributed by atoms with Crippen LogP contribution in [0, 0.1) is 0 Å². The molecule has 0 unspecified atom stereocenters. The van der Waals surface area contributed by atoms with Crippen molar-refractivity contribution in [2.24, 2.45) is 0 Å². The summed E-state index contributed by atoms with van der Waals surface area (Å²) < 4.78 is 5.62. The van der Waals surface area contributed by atoms with Crippen LogP contribution < -0.4 is 10.1 Å². The lowest BCUT2D eigenvalue weighted by molar-refractivity contribution is 0.102. The van der Waals surface area contributed by atoms with E-state index in [9.17, 15) is 9.90 Å². The zero-order valence-electron chi connectivity index (χ0n) is 13.6. The molecule has 0 spiro atoms. The van der Waals surface area contributed by atoms with E-state index in [2.05, 4.69) is 12.2 Å². The number of hydrogen-bond donors (Lipinski definition) is 2. The molecule has 4 heteroatoms. The van der Waals surface area contributed by atoms with E-state index >= 15 is 0 Å². The number of benzene rings is 2. The molecule has 0 saturated carbocycles. The van der Waals surface area contributed by atoms with Crippen LogP contribution in [0.2, 0.25) is 0 Å². The molecule has 0 aliphatic carbocycles. The number of ether oxygens (including phenoxy) is 1. The van der Waals surface area contributed by atoms with E-state index < -0.39 is 6.10 Å². The highest BCUT2D eigenvalue weighted by Gasteiger charge is 2.08. The van der Waals surface area contributed by atoms with Gasteiger partial charge in [-0.25, -0.2) is 0 Å². The fourth-order valence-electron chi connectivity index (χ4n) is 2.11. The summed E-state index contributed by atoms with van der Waals surface area (Å²) >= 11 is 0. The van der Waals surface area contributed by atoms with Crippen molar-refractivity contribution < 1.29 is 14.6 Å². The third-order valence-electron chi connectivity index (χ3n) is 3.51. The average molecular weight is 313 g/mol. The van der Waals surface area contributed by atoms with Crippen LogP contribution in [0.4, 0.5) is 5.69 Å². The molecule has 2 aromatic carbocycles. The van der Waals surface area contributed by atoms with E-state index in [1.807, 2.05) is 12.1 Å². The van der Waals surface area contributed by atoms with Crippen molar-refractivity contribution in [2.45, 2.75) is 32.8 Å². The van der Waals surface area contributed by atoms with Gasteiger partial charge >= 0.3 is 0 Å². The van der Waals surface area contributed by atoms with E-state index in [-0.39, 0.29) is 5.91 Å². The van der Waals surface area contributed by atoms with Crippen LogP contribution in [-0.2, 0) is 0 Å². The molecule has 2 rings (SSSR count). The Hall–Kier alpha value is -2.33. The Labute approximate surface area is 137 Å². The Kier molecular flexibility index (Phi) is 6.18. The van der Waals surface area contributed by atoms with E-state index in [0.717, 1.165) is 18.4 Å². The predicted octanol–water partition coefficient (Wildman–Crippen LogP) is 4.17. The lowest BCUT2D eigenvalue weighted by Gasteiger charge is -2.09. The van der Waals surface area contributed by atoms with Gasteiger partial charge in [0.15, 0.2) is 0 Å². The summed E-state index contributed by atoms with van der Waals surface area (Å²) in [4.78, 5) is 12.3. The molecule has 0 radical (unpaired) electrons. The third kappa shape index (κ3) is 5.11. The monoisotopic (exact) mass is 313 g/mol. The first kappa shape index (κ1) is 17.0. The average Bonchev–Trinajstić information content (AvgIpc) is 2.56. The summed E-state index contributed by atoms with van der Waals surface area (Å²) in [6.45, 7) is 4.47. The van der Waals surface area contributed by atoms with Gasteiger partial charge in [-0.1, -0.05) is 31.5 Å². The van der Waals surface area contributed by atoms with Crippen LogP contribution in [-0.4, -0.2) is 17.6 Å². The van der Waals surface area contributed by atoms with Gasteiger partial charge in [0.1, 0.15) is 5.75 Å². The molecular formula is C19H23NO3. The number of aliphatic hydroxyl groups excluding tert-OH is 1. The Morgan fingerprint density at radius 2 is 1.96 bits per heavy atom. The largest absolute Gasteiger partial charge is 0.494 e. The van der Waals surface area contributed by atoms with Crippen LogP contribution in [0.15, 0.2) is 48.5 Å². The maximum atomic E-state index is 12.3. The Bertz CT molecular complexity index is 635. The van der Waals surface area contributed by atoms with Gasteiger partial charge in [-0.3, -0.25) is 4.79 Å². The number of rotatable bonds is 7. The van der Waals surface area contributed by atoms with Crippen LogP contribution in [0.3, 0.4) is 0 Å². The minimum absolute atomic E-state index is 0.185. The van der Waals surface area contributed by atoms with Crippen molar-refractivity contribution in [1.82, 2.24) is 0 Å². The molecule has 0 fully saturated rings. The van der Waals surface area contributed by atoms with E-state index in [0.29, 0.717) is 23.6 Å². The Balaban J connectivity index is 2.01. The van der Waals surface area contributed by atoms with Gasteiger partial charge < -0.3 is 15.2 Å². The standard InChI is InChI=1S/C19H23NO3/c1-3-4-12-23-18-7-5-6-16(13-18)19(22)20-17-10-8-15(9-11-17)14(2)21/h5-11,13-14,21H,3-4,12H2,1-2H3,(H,20,22)/t14-/m1/s1. The molecule has 2 N–H and O–H groups in total. The molecule has 122 valence electrons. The van der Waals surface area contributed by atoms with Crippen molar-refractivity contribution in [2.75, 3.05) is 11.9 Å². The zero-order chi connectivity index (χ0) is 16.7.